The summed E-state index contributed by atoms with van der Waals surface area (Å²) < 4.78 is 0. The first kappa shape index (κ1) is 16.0. The lowest BCUT2D eigenvalue weighted by atomic mass is 9.87. The summed E-state index contributed by atoms with van der Waals surface area (Å²) >= 11 is 0. The van der Waals surface area contributed by atoms with Gasteiger partial charge in [0.15, 0.2) is 0 Å². The van der Waals surface area contributed by atoms with Crippen LogP contribution in [0.25, 0.3) is 0 Å². The van der Waals surface area contributed by atoms with Crippen LogP contribution in [0.1, 0.15) is 32.3 Å². The average Bonchev–Trinajstić information content (AvgIpc) is 3.21. The Morgan fingerprint density at radius 1 is 1.38 bits per heavy atom. The van der Waals surface area contributed by atoms with Gasteiger partial charge < -0.3 is 10.6 Å². The van der Waals surface area contributed by atoms with Crippen molar-refractivity contribution in [3.8, 4) is 0 Å². The number of likely N-dealkylation sites (N-methyl/N-ethyl adjacent to an activating group) is 1. The number of benzene rings is 1. The highest BCUT2D eigenvalue weighted by Crippen LogP contribution is 2.29. The Morgan fingerprint density at radius 2 is 2.00 bits per heavy atom. The lowest BCUT2D eigenvalue weighted by Crippen LogP contribution is -2.59. The van der Waals surface area contributed by atoms with E-state index >= 15 is 0 Å². The Morgan fingerprint density at radius 3 is 2.48 bits per heavy atom. The fourth-order valence-corrected chi connectivity index (χ4v) is 2.90. The maximum Gasteiger partial charge on any atom is 0.243 e. The van der Waals surface area contributed by atoms with Crippen LogP contribution in [0.2, 0.25) is 0 Å². The first-order valence-corrected chi connectivity index (χ1v) is 7.75. The molecule has 0 saturated heterocycles. The predicted octanol–water partition coefficient (Wildman–Crippen LogP) is 1.71. The summed E-state index contributed by atoms with van der Waals surface area (Å²) in [6.07, 6.45) is 2.24. The zero-order valence-electron chi connectivity index (χ0n) is 13.3. The summed E-state index contributed by atoms with van der Waals surface area (Å²) in [5.41, 5.74) is 5.99. The summed E-state index contributed by atoms with van der Waals surface area (Å²) in [7, 11) is 2.05. The molecule has 1 saturated carbocycles. The molecule has 1 aromatic carbocycles. The van der Waals surface area contributed by atoms with Crippen LogP contribution in [0.4, 0.5) is 0 Å². The molecule has 3 N–H and O–H groups in total. The van der Waals surface area contributed by atoms with Gasteiger partial charge in [0.05, 0.1) is 0 Å². The highest BCUT2D eigenvalue weighted by atomic mass is 16.1. The van der Waals surface area contributed by atoms with Crippen LogP contribution in [0.3, 0.4) is 0 Å². The van der Waals surface area contributed by atoms with Gasteiger partial charge in [-0.05, 0) is 31.4 Å². The molecule has 4 heteroatoms. The van der Waals surface area contributed by atoms with Crippen LogP contribution < -0.4 is 11.1 Å². The Kier molecular flexibility index (Phi) is 5.01. The predicted molar refractivity (Wildman–Crippen MR) is 85.8 cm³/mol. The molecule has 0 radical (unpaired) electrons. The summed E-state index contributed by atoms with van der Waals surface area (Å²) in [4.78, 5) is 14.5. The van der Waals surface area contributed by atoms with Crippen molar-refractivity contribution in [1.82, 2.24) is 10.2 Å². The number of hydrogen-bond acceptors (Lipinski definition) is 3. The number of nitrogens with two attached hydrogens (primary N) is 1. The molecule has 1 unspecified atom stereocenters. The van der Waals surface area contributed by atoms with E-state index in [4.69, 9.17) is 5.73 Å². The third kappa shape index (κ3) is 4.05. The van der Waals surface area contributed by atoms with Crippen molar-refractivity contribution >= 4 is 5.91 Å². The van der Waals surface area contributed by atoms with Crippen molar-refractivity contribution in [2.24, 2.45) is 11.7 Å². The minimum absolute atomic E-state index is 0.295. The summed E-state index contributed by atoms with van der Waals surface area (Å²) in [5.74, 6) is 0.258. The van der Waals surface area contributed by atoms with Gasteiger partial charge in [-0.3, -0.25) is 10.1 Å². The van der Waals surface area contributed by atoms with Gasteiger partial charge in [-0.2, -0.15) is 0 Å². The third-order valence-corrected chi connectivity index (χ3v) is 3.90. The summed E-state index contributed by atoms with van der Waals surface area (Å²) in [6.45, 7) is 5.90. The van der Waals surface area contributed by atoms with Crippen molar-refractivity contribution in [2.45, 2.75) is 38.3 Å². The number of carbonyl (C=O) groups is 1. The van der Waals surface area contributed by atoms with Gasteiger partial charge in [0.25, 0.3) is 0 Å². The molecule has 21 heavy (non-hydrogen) atoms. The van der Waals surface area contributed by atoms with Gasteiger partial charge in [-0.15, -0.1) is 0 Å². The SMILES string of the molecule is CC(C)CN(C)CC(NC1CC1)(C(N)=O)c1ccccc1. The van der Waals surface area contributed by atoms with Gasteiger partial charge in [-0.25, -0.2) is 0 Å². The highest BCUT2D eigenvalue weighted by molar-refractivity contribution is 5.86. The molecule has 0 bridgehead atoms. The second-order valence-corrected chi connectivity index (χ2v) is 6.64. The fraction of sp³-hybridized carbons (Fsp3) is 0.588. The number of rotatable bonds is 8. The number of primary amides is 1. The van der Waals surface area contributed by atoms with Crippen molar-refractivity contribution in [1.29, 1.82) is 0 Å². The summed E-state index contributed by atoms with van der Waals surface area (Å²) in [5, 5.41) is 3.51. The Labute approximate surface area is 127 Å². The Bertz CT molecular complexity index is 470. The van der Waals surface area contributed by atoms with Gasteiger partial charge in [-0.1, -0.05) is 44.2 Å². The van der Waals surface area contributed by atoms with E-state index in [0.29, 0.717) is 18.5 Å². The van der Waals surface area contributed by atoms with Gasteiger partial charge in [0.1, 0.15) is 5.54 Å². The minimum Gasteiger partial charge on any atom is -0.368 e. The maximum absolute atomic E-state index is 12.3. The second kappa shape index (κ2) is 6.58. The Balaban J connectivity index is 2.29. The van der Waals surface area contributed by atoms with Crippen molar-refractivity contribution in [3.05, 3.63) is 35.9 Å². The van der Waals surface area contributed by atoms with E-state index in [9.17, 15) is 4.79 Å². The molecule has 1 fully saturated rings. The van der Waals surface area contributed by atoms with E-state index < -0.39 is 5.54 Å². The largest absolute Gasteiger partial charge is 0.368 e. The molecule has 1 atom stereocenters. The van der Waals surface area contributed by atoms with Gasteiger partial charge >= 0.3 is 0 Å². The van der Waals surface area contributed by atoms with E-state index in [1.807, 2.05) is 30.3 Å². The number of nitrogens with one attached hydrogen (secondary N) is 1. The van der Waals surface area contributed by atoms with Gasteiger partial charge in [0.2, 0.25) is 5.91 Å². The zero-order chi connectivity index (χ0) is 15.5. The standard InChI is InChI=1S/C17H27N3O/c1-13(2)11-20(3)12-17(16(18)21,19-15-9-10-15)14-7-5-4-6-8-14/h4-8,13,15,19H,9-12H2,1-3H3,(H2,18,21). The highest BCUT2D eigenvalue weighted by Gasteiger charge is 2.43. The van der Waals surface area contributed by atoms with Gasteiger partial charge in [0, 0.05) is 19.1 Å². The third-order valence-electron chi connectivity index (χ3n) is 3.90. The lowest BCUT2D eigenvalue weighted by molar-refractivity contribution is -0.125. The zero-order valence-corrected chi connectivity index (χ0v) is 13.3. The monoisotopic (exact) mass is 289 g/mol. The van der Waals surface area contributed by atoms with E-state index in [1.165, 1.54) is 0 Å². The fourth-order valence-electron chi connectivity index (χ4n) is 2.90. The molecule has 1 aliphatic rings. The van der Waals surface area contributed by atoms with Crippen LogP contribution in [-0.4, -0.2) is 37.0 Å². The molecule has 1 aliphatic carbocycles. The van der Waals surface area contributed by atoms with Crippen LogP contribution >= 0.6 is 0 Å². The van der Waals surface area contributed by atoms with Crippen LogP contribution in [0.5, 0.6) is 0 Å². The first-order chi connectivity index (χ1) is 9.94. The molecular formula is C17H27N3O. The summed E-state index contributed by atoms with van der Waals surface area (Å²) in [6, 6.07) is 10.3. The van der Waals surface area contributed by atoms with Crippen LogP contribution in [0.15, 0.2) is 30.3 Å². The molecule has 0 heterocycles. The van der Waals surface area contributed by atoms with Crippen molar-refractivity contribution < 1.29 is 4.79 Å². The van der Waals surface area contributed by atoms with Crippen molar-refractivity contribution in [3.63, 3.8) is 0 Å². The normalized spacial score (nSPS) is 18.0. The lowest BCUT2D eigenvalue weighted by Gasteiger charge is -2.36. The van der Waals surface area contributed by atoms with Crippen molar-refractivity contribution in [2.75, 3.05) is 20.1 Å². The molecule has 0 aliphatic heterocycles. The van der Waals surface area contributed by atoms with E-state index in [-0.39, 0.29) is 5.91 Å². The molecule has 0 aromatic heterocycles. The quantitative estimate of drug-likeness (QED) is 0.766. The number of hydrogen-bond donors (Lipinski definition) is 2. The van der Waals surface area contributed by atoms with Crippen LogP contribution in [0, 0.1) is 5.92 Å². The maximum atomic E-state index is 12.3. The number of nitrogens with zero attached hydrogens (tertiary/aromatic N) is 1. The topological polar surface area (TPSA) is 58.4 Å². The molecule has 4 nitrogen and oxygen atoms in total. The van der Waals surface area contributed by atoms with E-state index in [0.717, 1.165) is 24.9 Å². The van der Waals surface area contributed by atoms with E-state index in [2.05, 4.69) is 31.1 Å². The molecule has 0 spiro atoms. The molecular weight excluding hydrogens is 262 g/mol. The second-order valence-electron chi connectivity index (χ2n) is 6.64. The molecule has 116 valence electrons. The average molecular weight is 289 g/mol. The van der Waals surface area contributed by atoms with E-state index in [1.54, 1.807) is 0 Å². The number of amides is 1. The molecule has 2 rings (SSSR count). The van der Waals surface area contributed by atoms with Crippen LogP contribution in [-0.2, 0) is 10.3 Å². The smallest absolute Gasteiger partial charge is 0.243 e. The molecule has 1 aromatic rings. The Hall–Kier alpha value is -1.39. The molecule has 1 amide bonds. The first-order valence-electron chi connectivity index (χ1n) is 7.75. The number of carbonyl (C=O) groups excluding carboxylic acids is 1. The minimum atomic E-state index is -0.800.